The van der Waals surface area contributed by atoms with Gasteiger partial charge in [-0.15, -0.1) is 0 Å². The van der Waals surface area contributed by atoms with Gasteiger partial charge in [-0.1, -0.05) is 103 Å². The highest BCUT2D eigenvalue weighted by Gasteiger charge is 2.20. The second-order valence-electron chi connectivity index (χ2n) is 12.4. The third kappa shape index (κ3) is 4.57. The minimum Gasteiger partial charge on any atom is -0.456 e. The molecule has 0 aliphatic heterocycles. The third-order valence-electron chi connectivity index (χ3n) is 9.45. The average Bonchev–Trinajstić information content (AvgIpc) is 3.77. The fourth-order valence-electron chi connectivity index (χ4n) is 7.12. The molecule has 49 heavy (non-hydrogen) atoms. The highest BCUT2D eigenvalue weighted by atomic mass is 16.4. The van der Waals surface area contributed by atoms with E-state index in [2.05, 4.69) is 132 Å². The highest BCUT2D eigenvalue weighted by Crippen LogP contribution is 2.42. The van der Waals surface area contributed by atoms with E-state index < -0.39 is 0 Å². The van der Waals surface area contributed by atoms with E-state index in [4.69, 9.17) is 13.8 Å². The van der Waals surface area contributed by atoms with Crippen molar-refractivity contribution in [3.8, 4) is 22.6 Å². The largest absolute Gasteiger partial charge is 0.456 e. The molecule has 10 aromatic rings. The standard InChI is InChI=1S/C45H28N2O2/c1-3-10-29(11-4-1)32-15-9-16-34(26-32)47(35-20-22-38-33(27-35)19-18-30-12-7-8-17-37(30)38)36-21-23-39-42(28-36)48-41-25-24-40-44(43(39)41)49-45(46-40)31-13-5-2-6-14-31/h1-28H. The summed E-state index contributed by atoms with van der Waals surface area (Å²) in [4.78, 5) is 7.12. The lowest BCUT2D eigenvalue weighted by Crippen LogP contribution is -2.10. The lowest BCUT2D eigenvalue weighted by Gasteiger charge is -2.26. The van der Waals surface area contributed by atoms with Gasteiger partial charge in [0.2, 0.25) is 5.89 Å². The van der Waals surface area contributed by atoms with E-state index >= 15 is 0 Å². The van der Waals surface area contributed by atoms with Crippen LogP contribution in [0.25, 0.3) is 77.2 Å². The molecule has 0 N–H and O–H groups in total. The third-order valence-corrected chi connectivity index (χ3v) is 9.45. The van der Waals surface area contributed by atoms with Gasteiger partial charge in [-0.25, -0.2) is 4.98 Å². The van der Waals surface area contributed by atoms with Crippen LogP contribution < -0.4 is 4.90 Å². The van der Waals surface area contributed by atoms with Crippen LogP contribution in [-0.4, -0.2) is 4.98 Å². The summed E-state index contributed by atoms with van der Waals surface area (Å²) in [6, 6.07) is 59.4. The Bertz CT molecular complexity index is 2830. The molecule has 0 spiro atoms. The zero-order valence-electron chi connectivity index (χ0n) is 26.4. The quantitative estimate of drug-likeness (QED) is 0.178. The molecular weight excluding hydrogens is 601 g/mol. The average molecular weight is 629 g/mol. The van der Waals surface area contributed by atoms with Crippen molar-refractivity contribution in [1.82, 2.24) is 4.98 Å². The van der Waals surface area contributed by atoms with Gasteiger partial charge in [0.05, 0.1) is 5.39 Å². The van der Waals surface area contributed by atoms with E-state index in [0.717, 1.165) is 61.2 Å². The van der Waals surface area contributed by atoms with Crippen LogP contribution >= 0.6 is 0 Å². The fraction of sp³-hybridized carbons (Fsp3) is 0. The van der Waals surface area contributed by atoms with Gasteiger partial charge in [0.25, 0.3) is 0 Å². The van der Waals surface area contributed by atoms with Crippen molar-refractivity contribution in [1.29, 1.82) is 0 Å². The topological polar surface area (TPSA) is 42.4 Å². The van der Waals surface area contributed by atoms with Crippen LogP contribution in [0.5, 0.6) is 0 Å². The molecule has 0 unspecified atom stereocenters. The molecule has 4 nitrogen and oxygen atoms in total. The Labute approximate surface area is 282 Å². The Hall–Kier alpha value is -6.65. The van der Waals surface area contributed by atoms with Crippen molar-refractivity contribution >= 4 is 71.6 Å². The number of rotatable bonds is 5. The van der Waals surface area contributed by atoms with Gasteiger partial charge in [0.15, 0.2) is 5.58 Å². The van der Waals surface area contributed by atoms with E-state index in [-0.39, 0.29) is 0 Å². The van der Waals surface area contributed by atoms with E-state index in [1.54, 1.807) is 0 Å². The molecule has 0 aliphatic carbocycles. The summed E-state index contributed by atoms with van der Waals surface area (Å²) >= 11 is 0. The number of furan rings is 1. The molecule has 0 radical (unpaired) electrons. The number of nitrogens with zero attached hydrogens (tertiary/aromatic N) is 2. The van der Waals surface area contributed by atoms with Crippen LogP contribution in [0.3, 0.4) is 0 Å². The predicted octanol–water partition coefficient (Wildman–Crippen LogP) is 12.8. The van der Waals surface area contributed by atoms with Gasteiger partial charge >= 0.3 is 0 Å². The van der Waals surface area contributed by atoms with Crippen LogP contribution in [0.1, 0.15) is 0 Å². The number of oxazole rings is 1. The van der Waals surface area contributed by atoms with Gasteiger partial charge in [0.1, 0.15) is 16.7 Å². The summed E-state index contributed by atoms with van der Waals surface area (Å²) in [7, 11) is 0. The van der Waals surface area contributed by atoms with Gasteiger partial charge in [-0.2, -0.15) is 0 Å². The maximum absolute atomic E-state index is 6.54. The Kier molecular flexibility index (Phi) is 6.15. The predicted molar refractivity (Wildman–Crippen MR) is 202 cm³/mol. The van der Waals surface area contributed by atoms with E-state index in [0.29, 0.717) is 5.89 Å². The normalized spacial score (nSPS) is 11.7. The lowest BCUT2D eigenvalue weighted by atomic mass is 10.0. The zero-order valence-corrected chi connectivity index (χ0v) is 26.4. The SMILES string of the molecule is c1ccc(-c2cccc(N(c3ccc4c(ccc5ccccc54)c3)c3ccc4c(c3)oc3ccc5nc(-c6ccccc6)oc5c34)c2)cc1. The van der Waals surface area contributed by atoms with Crippen LogP contribution in [0.15, 0.2) is 179 Å². The molecule has 2 aromatic heterocycles. The van der Waals surface area contributed by atoms with Crippen LogP contribution in [-0.2, 0) is 0 Å². The molecule has 4 heteroatoms. The lowest BCUT2D eigenvalue weighted by molar-refractivity contribution is 0.622. The number of hydrogen-bond acceptors (Lipinski definition) is 4. The number of anilines is 3. The molecule has 10 rings (SSSR count). The first-order valence-corrected chi connectivity index (χ1v) is 16.5. The summed E-state index contributed by atoms with van der Waals surface area (Å²) in [5, 5.41) is 6.84. The van der Waals surface area contributed by atoms with Crippen molar-refractivity contribution in [3.63, 3.8) is 0 Å². The molecule has 230 valence electrons. The fourth-order valence-corrected chi connectivity index (χ4v) is 7.12. The Balaban J connectivity index is 1.16. The van der Waals surface area contributed by atoms with Crippen molar-refractivity contribution in [2.45, 2.75) is 0 Å². The molecule has 0 saturated carbocycles. The number of benzene rings is 8. The maximum atomic E-state index is 6.54. The smallest absolute Gasteiger partial charge is 0.227 e. The molecule has 0 saturated heterocycles. The molecule has 0 fully saturated rings. The minimum absolute atomic E-state index is 0.600. The zero-order chi connectivity index (χ0) is 32.3. The second kappa shape index (κ2) is 11.0. The molecule has 8 aromatic carbocycles. The van der Waals surface area contributed by atoms with Gasteiger partial charge in [0, 0.05) is 34.1 Å². The molecule has 0 bridgehead atoms. The second-order valence-corrected chi connectivity index (χ2v) is 12.4. The van der Waals surface area contributed by atoms with Gasteiger partial charge in [-0.05, 0) is 93.3 Å². The highest BCUT2D eigenvalue weighted by molar-refractivity contribution is 6.17. The van der Waals surface area contributed by atoms with Crippen molar-refractivity contribution in [2.24, 2.45) is 0 Å². The molecule has 0 amide bonds. The summed E-state index contributed by atoms with van der Waals surface area (Å²) in [5.74, 6) is 0.600. The molecular formula is C45H28N2O2. The number of aromatic nitrogens is 1. The summed E-state index contributed by atoms with van der Waals surface area (Å²) in [6.45, 7) is 0. The van der Waals surface area contributed by atoms with Crippen LogP contribution in [0.4, 0.5) is 17.1 Å². The maximum Gasteiger partial charge on any atom is 0.227 e. The van der Waals surface area contributed by atoms with Gasteiger partial charge in [-0.3, -0.25) is 0 Å². The minimum atomic E-state index is 0.600. The Morgan fingerprint density at radius 3 is 1.94 bits per heavy atom. The summed E-state index contributed by atoms with van der Waals surface area (Å²) in [5.41, 5.74) is 9.48. The van der Waals surface area contributed by atoms with Gasteiger partial charge < -0.3 is 13.7 Å². The number of hydrogen-bond donors (Lipinski definition) is 0. The summed E-state index contributed by atoms with van der Waals surface area (Å²) < 4.78 is 12.9. The molecule has 0 aliphatic rings. The van der Waals surface area contributed by atoms with Crippen molar-refractivity contribution in [2.75, 3.05) is 4.90 Å². The van der Waals surface area contributed by atoms with Crippen molar-refractivity contribution in [3.05, 3.63) is 170 Å². The molecule has 0 atom stereocenters. The first-order valence-electron chi connectivity index (χ1n) is 16.5. The molecule has 2 heterocycles. The van der Waals surface area contributed by atoms with E-state index in [1.165, 1.54) is 27.1 Å². The Morgan fingerprint density at radius 2 is 1.08 bits per heavy atom. The summed E-state index contributed by atoms with van der Waals surface area (Å²) in [6.07, 6.45) is 0. The van der Waals surface area contributed by atoms with E-state index in [1.807, 2.05) is 42.5 Å². The first kappa shape index (κ1) is 27.5. The number of fused-ring (bicyclic) bond motifs is 8. The first-order chi connectivity index (χ1) is 24.3. The van der Waals surface area contributed by atoms with E-state index in [9.17, 15) is 0 Å². The van der Waals surface area contributed by atoms with Crippen LogP contribution in [0, 0.1) is 0 Å². The van der Waals surface area contributed by atoms with Crippen molar-refractivity contribution < 1.29 is 8.83 Å². The van der Waals surface area contributed by atoms with Crippen LogP contribution in [0.2, 0.25) is 0 Å². The monoisotopic (exact) mass is 628 g/mol. The Morgan fingerprint density at radius 1 is 0.408 bits per heavy atom.